The van der Waals surface area contributed by atoms with Crippen LogP contribution >= 0.6 is 0 Å². The Bertz CT molecular complexity index is 247. The Kier molecular flexibility index (Phi) is 6.87. The first-order valence-electron chi connectivity index (χ1n) is 7.62. The molecule has 3 nitrogen and oxygen atoms in total. The van der Waals surface area contributed by atoms with Gasteiger partial charge in [-0.15, -0.1) is 0 Å². The van der Waals surface area contributed by atoms with Crippen molar-refractivity contribution >= 4 is 5.78 Å². The monoisotopic (exact) mass is 254 g/mol. The first-order chi connectivity index (χ1) is 8.66. The molecule has 2 saturated heterocycles. The summed E-state index contributed by atoms with van der Waals surface area (Å²) in [6.45, 7) is 10.3. The number of hydrogen-bond donors (Lipinski definition) is 0. The highest BCUT2D eigenvalue weighted by Crippen LogP contribution is 2.19. The molecular weight excluding hydrogens is 224 g/mol. The largest absolute Gasteiger partial charge is 0.297 e. The zero-order valence-electron chi connectivity index (χ0n) is 12.6. The number of ketones is 1. The topological polar surface area (TPSA) is 23.6 Å². The molecular formula is C15H30N2O. The second-order valence-electron chi connectivity index (χ2n) is 5.56. The van der Waals surface area contributed by atoms with E-state index in [1.165, 1.54) is 19.3 Å². The Balaban J connectivity index is 0.000000771. The maximum atomic E-state index is 12.1. The molecule has 2 fully saturated rings. The minimum atomic E-state index is 0.208. The fourth-order valence-electron chi connectivity index (χ4n) is 2.86. The molecule has 0 aliphatic carbocycles. The first kappa shape index (κ1) is 15.6. The second kappa shape index (κ2) is 7.90. The molecule has 0 spiro atoms. The van der Waals surface area contributed by atoms with Crippen LogP contribution in [0.5, 0.6) is 0 Å². The van der Waals surface area contributed by atoms with E-state index in [1.54, 1.807) is 0 Å². The van der Waals surface area contributed by atoms with Crippen LogP contribution in [0.15, 0.2) is 0 Å². The van der Waals surface area contributed by atoms with Gasteiger partial charge in [0.2, 0.25) is 0 Å². The lowest BCUT2D eigenvalue weighted by atomic mass is 9.98. The van der Waals surface area contributed by atoms with E-state index in [0.29, 0.717) is 12.3 Å². The highest BCUT2D eigenvalue weighted by atomic mass is 16.1. The van der Waals surface area contributed by atoms with E-state index in [1.807, 2.05) is 13.8 Å². The van der Waals surface area contributed by atoms with E-state index >= 15 is 0 Å². The SMILES string of the molecule is CC.CC1CCN(CC(=O)[C@@H]2CCCN2C)CC1. The van der Waals surface area contributed by atoms with E-state index in [0.717, 1.165) is 32.0 Å². The molecule has 0 aromatic rings. The number of Topliss-reactive ketones (excluding diaryl/α,β-unsaturated/α-hetero) is 1. The molecule has 0 bridgehead atoms. The molecule has 0 saturated carbocycles. The van der Waals surface area contributed by atoms with Crippen molar-refractivity contribution in [1.82, 2.24) is 9.80 Å². The van der Waals surface area contributed by atoms with Crippen LogP contribution in [-0.2, 0) is 4.79 Å². The number of likely N-dealkylation sites (tertiary alicyclic amines) is 2. The Morgan fingerprint density at radius 3 is 2.22 bits per heavy atom. The average Bonchev–Trinajstić information content (AvgIpc) is 2.81. The standard InChI is InChI=1S/C13H24N2O.C2H6/c1-11-5-8-15(9-6-11)10-13(16)12-4-3-7-14(12)2;1-2/h11-12H,3-10H2,1-2H3;1-2H3/t12-;/m0./s1. The van der Waals surface area contributed by atoms with Gasteiger partial charge in [0, 0.05) is 0 Å². The normalized spacial score (nSPS) is 26.8. The van der Waals surface area contributed by atoms with Gasteiger partial charge in [-0.3, -0.25) is 14.6 Å². The summed E-state index contributed by atoms with van der Waals surface area (Å²) in [5.74, 6) is 1.29. The molecule has 2 aliphatic heterocycles. The summed E-state index contributed by atoms with van der Waals surface area (Å²) >= 11 is 0. The van der Waals surface area contributed by atoms with E-state index in [2.05, 4.69) is 23.8 Å². The minimum absolute atomic E-state index is 0.208. The molecule has 0 aromatic heterocycles. The van der Waals surface area contributed by atoms with Crippen LogP contribution in [0.1, 0.15) is 46.5 Å². The lowest BCUT2D eigenvalue weighted by Crippen LogP contribution is -2.43. The van der Waals surface area contributed by atoms with Gasteiger partial charge in [-0.1, -0.05) is 20.8 Å². The number of likely N-dealkylation sites (N-methyl/N-ethyl adjacent to an activating group) is 1. The Labute approximate surface area is 113 Å². The van der Waals surface area contributed by atoms with Gasteiger partial charge >= 0.3 is 0 Å². The van der Waals surface area contributed by atoms with Crippen LogP contribution in [0.3, 0.4) is 0 Å². The van der Waals surface area contributed by atoms with E-state index in [9.17, 15) is 4.79 Å². The smallest absolute Gasteiger partial charge is 0.163 e. The molecule has 0 radical (unpaired) electrons. The van der Waals surface area contributed by atoms with E-state index in [-0.39, 0.29) is 6.04 Å². The molecule has 106 valence electrons. The predicted molar refractivity (Wildman–Crippen MR) is 76.8 cm³/mol. The van der Waals surface area contributed by atoms with Crippen LogP contribution in [0, 0.1) is 5.92 Å². The Hall–Kier alpha value is -0.410. The van der Waals surface area contributed by atoms with Gasteiger partial charge in [-0.25, -0.2) is 0 Å². The molecule has 1 atom stereocenters. The maximum absolute atomic E-state index is 12.1. The summed E-state index contributed by atoms with van der Waals surface area (Å²) in [6.07, 6.45) is 4.77. The zero-order valence-corrected chi connectivity index (χ0v) is 12.6. The Morgan fingerprint density at radius 2 is 1.72 bits per heavy atom. The van der Waals surface area contributed by atoms with Crippen LogP contribution in [-0.4, -0.2) is 54.9 Å². The van der Waals surface area contributed by atoms with Crippen molar-refractivity contribution in [3.05, 3.63) is 0 Å². The predicted octanol–water partition coefficient (Wildman–Crippen LogP) is 2.41. The summed E-state index contributed by atoms with van der Waals surface area (Å²) < 4.78 is 0. The van der Waals surface area contributed by atoms with Gasteiger partial charge in [-0.2, -0.15) is 0 Å². The molecule has 3 heteroatoms. The van der Waals surface area contributed by atoms with Crippen molar-refractivity contribution in [1.29, 1.82) is 0 Å². The third kappa shape index (κ3) is 4.36. The van der Waals surface area contributed by atoms with Gasteiger partial charge in [0.25, 0.3) is 0 Å². The van der Waals surface area contributed by atoms with Gasteiger partial charge < -0.3 is 0 Å². The molecule has 0 N–H and O–H groups in total. The van der Waals surface area contributed by atoms with Crippen LogP contribution < -0.4 is 0 Å². The molecule has 0 amide bonds. The summed E-state index contributed by atoms with van der Waals surface area (Å²) in [5.41, 5.74) is 0. The van der Waals surface area contributed by atoms with Crippen molar-refractivity contribution in [3.63, 3.8) is 0 Å². The molecule has 0 aromatic carbocycles. The highest BCUT2D eigenvalue weighted by molar-refractivity contribution is 5.86. The van der Waals surface area contributed by atoms with Gasteiger partial charge in [0.15, 0.2) is 5.78 Å². The van der Waals surface area contributed by atoms with Crippen molar-refractivity contribution < 1.29 is 4.79 Å². The third-order valence-electron chi connectivity index (χ3n) is 4.15. The maximum Gasteiger partial charge on any atom is 0.163 e. The number of hydrogen-bond acceptors (Lipinski definition) is 3. The summed E-state index contributed by atoms with van der Waals surface area (Å²) in [5, 5.41) is 0. The van der Waals surface area contributed by atoms with E-state index < -0.39 is 0 Å². The quantitative estimate of drug-likeness (QED) is 0.773. The third-order valence-corrected chi connectivity index (χ3v) is 4.15. The molecule has 2 rings (SSSR count). The Morgan fingerprint density at radius 1 is 1.11 bits per heavy atom. The van der Waals surface area contributed by atoms with Crippen LogP contribution in [0.25, 0.3) is 0 Å². The minimum Gasteiger partial charge on any atom is -0.297 e. The fraction of sp³-hybridized carbons (Fsp3) is 0.933. The number of nitrogens with zero attached hydrogens (tertiary/aromatic N) is 2. The number of rotatable bonds is 3. The van der Waals surface area contributed by atoms with E-state index in [4.69, 9.17) is 0 Å². The summed E-state index contributed by atoms with van der Waals surface area (Å²) in [4.78, 5) is 16.7. The molecule has 2 heterocycles. The lowest BCUT2D eigenvalue weighted by molar-refractivity contribution is -0.124. The average molecular weight is 254 g/mol. The van der Waals surface area contributed by atoms with Crippen LogP contribution in [0.2, 0.25) is 0 Å². The highest BCUT2D eigenvalue weighted by Gasteiger charge is 2.29. The molecule has 18 heavy (non-hydrogen) atoms. The molecule has 0 unspecified atom stereocenters. The number of carbonyl (C=O) groups excluding carboxylic acids is 1. The van der Waals surface area contributed by atoms with Gasteiger partial charge in [0.1, 0.15) is 0 Å². The molecule has 2 aliphatic rings. The second-order valence-corrected chi connectivity index (χ2v) is 5.56. The first-order valence-corrected chi connectivity index (χ1v) is 7.62. The number of piperidine rings is 1. The van der Waals surface area contributed by atoms with Crippen molar-refractivity contribution in [2.24, 2.45) is 5.92 Å². The van der Waals surface area contributed by atoms with Gasteiger partial charge in [-0.05, 0) is 58.3 Å². The fourth-order valence-corrected chi connectivity index (χ4v) is 2.86. The summed E-state index contributed by atoms with van der Waals surface area (Å²) in [6, 6.07) is 0.208. The zero-order chi connectivity index (χ0) is 13.5. The summed E-state index contributed by atoms with van der Waals surface area (Å²) in [7, 11) is 2.08. The van der Waals surface area contributed by atoms with Crippen molar-refractivity contribution in [2.45, 2.75) is 52.5 Å². The van der Waals surface area contributed by atoms with Crippen molar-refractivity contribution in [2.75, 3.05) is 33.2 Å². The number of carbonyl (C=O) groups is 1. The lowest BCUT2D eigenvalue weighted by Gasteiger charge is -2.31. The van der Waals surface area contributed by atoms with Crippen molar-refractivity contribution in [3.8, 4) is 0 Å². The van der Waals surface area contributed by atoms with Crippen LogP contribution in [0.4, 0.5) is 0 Å². The van der Waals surface area contributed by atoms with Gasteiger partial charge in [0.05, 0.1) is 12.6 Å².